The Morgan fingerprint density at radius 2 is 2.17 bits per heavy atom. The molecule has 70 valence electrons. The Morgan fingerprint density at radius 1 is 1.42 bits per heavy atom. The molecule has 2 atom stereocenters. The van der Waals surface area contributed by atoms with Gasteiger partial charge in [0.05, 0.1) is 0 Å². The van der Waals surface area contributed by atoms with Crippen LogP contribution in [0.2, 0.25) is 0 Å². The van der Waals surface area contributed by atoms with E-state index in [0.29, 0.717) is 0 Å². The van der Waals surface area contributed by atoms with Crippen molar-refractivity contribution in [2.75, 3.05) is 0 Å². The van der Waals surface area contributed by atoms with Gasteiger partial charge in [0.25, 0.3) is 0 Å². The maximum Gasteiger partial charge on any atom is -0.0206 e. The SMILES string of the molecule is C=C(C)[C@H]1CCC[C@H](CCC)C1. The Bertz CT molecular complexity index is 144. The van der Waals surface area contributed by atoms with Crippen LogP contribution in [0.3, 0.4) is 0 Å². The summed E-state index contributed by atoms with van der Waals surface area (Å²) in [5, 5.41) is 0. The zero-order valence-corrected chi connectivity index (χ0v) is 8.60. The van der Waals surface area contributed by atoms with Crippen molar-refractivity contribution in [3.63, 3.8) is 0 Å². The molecule has 0 unspecified atom stereocenters. The number of allylic oxidation sites excluding steroid dienone is 1. The Labute approximate surface area is 77.1 Å². The van der Waals surface area contributed by atoms with E-state index in [1.165, 1.54) is 44.1 Å². The van der Waals surface area contributed by atoms with Gasteiger partial charge in [0.1, 0.15) is 0 Å². The van der Waals surface area contributed by atoms with Gasteiger partial charge in [-0.2, -0.15) is 0 Å². The van der Waals surface area contributed by atoms with Gasteiger partial charge in [-0.05, 0) is 31.6 Å². The lowest BCUT2D eigenvalue weighted by atomic mass is 9.77. The van der Waals surface area contributed by atoms with Crippen molar-refractivity contribution in [1.82, 2.24) is 0 Å². The van der Waals surface area contributed by atoms with Crippen LogP contribution in [0, 0.1) is 11.8 Å². The summed E-state index contributed by atoms with van der Waals surface area (Å²) in [5.74, 6) is 1.85. The molecule has 1 aliphatic rings. The summed E-state index contributed by atoms with van der Waals surface area (Å²) < 4.78 is 0. The summed E-state index contributed by atoms with van der Waals surface area (Å²) in [4.78, 5) is 0. The first kappa shape index (κ1) is 9.83. The second kappa shape index (κ2) is 4.69. The molecular weight excluding hydrogens is 144 g/mol. The van der Waals surface area contributed by atoms with Gasteiger partial charge in [-0.25, -0.2) is 0 Å². The predicted molar refractivity (Wildman–Crippen MR) is 55.2 cm³/mol. The first-order valence-electron chi connectivity index (χ1n) is 5.39. The van der Waals surface area contributed by atoms with Crippen LogP contribution in [0.25, 0.3) is 0 Å². The maximum atomic E-state index is 4.07. The first-order valence-corrected chi connectivity index (χ1v) is 5.39. The largest absolute Gasteiger partial charge is 0.0999 e. The van der Waals surface area contributed by atoms with Gasteiger partial charge < -0.3 is 0 Å². The Balaban J connectivity index is 2.35. The van der Waals surface area contributed by atoms with Gasteiger partial charge >= 0.3 is 0 Å². The number of rotatable bonds is 3. The van der Waals surface area contributed by atoms with E-state index in [9.17, 15) is 0 Å². The smallest absolute Gasteiger partial charge is 0.0206 e. The summed E-state index contributed by atoms with van der Waals surface area (Å²) in [6.45, 7) is 8.56. The summed E-state index contributed by atoms with van der Waals surface area (Å²) in [6, 6.07) is 0. The van der Waals surface area contributed by atoms with Crippen LogP contribution in [0.15, 0.2) is 12.2 Å². The van der Waals surface area contributed by atoms with Crippen molar-refractivity contribution >= 4 is 0 Å². The van der Waals surface area contributed by atoms with E-state index in [1.54, 1.807) is 0 Å². The fraction of sp³-hybridized carbons (Fsp3) is 0.833. The molecule has 0 aromatic carbocycles. The molecule has 0 bridgehead atoms. The normalized spacial score (nSPS) is 30.2. The quantitative estimate of drug-likeness (QED) is 0.552. The molecule has 0 saturated heterocycles. The van der Waals surface area contributed by atoms with E-state index in [2.05, 4.69) is 20.4 Å². The predicted octanol–water partition coefficient (Wildman–Crippen LogP) is 4.17. The highest BCUT2D eigenvalue weighted by Gasteiger charge is 2.21. The molecule has 0 heteroatoms. The minimum atomic E-state index is 0.843. The fourth-order valence-electron chi connectivity index (χ4n) is 2.41. The molecule has 0 heterocycles. The Hall–Kier alpha value is -0.260. The lowest BCUT2D eigenvalue weighted by Crippen LogP contribution is -2.15. The zero-order chi connectivity index (χ0) is 8.97. The third kappa shape index (κ3) is 2.66. The van der Waals surface area contributed by atoms with Gasteiger partial charge in [0, 0.05) is 0 Å². The van der Waals surface area contributed by atoms with Crippen molar-refractivity contribution in [3.8, 4) is 0 Å². The molecule has 0 aliphatic heterocycles. The van der Waals surface area contributed by atoms with Crippen LogP contribution in [0.5, 0.6) is 0 Å². The minimum absolute atomic E-state index is 0.843. The molecule has 0 spiro atoms. The van der Waals surface area contributed by atoms with E-state index in [1.807, 2.05) is 0 Å². The van der Waals surface area contributed by atoms with Crippen LogP contribution >= 0.6 is 0 Å². The molecule has 1 rings (SSSR count). The van der Waals surface area contributed by atoms with E-state index < -0.39 is 0 Å². The van der Waals surface area contributed by atoms with Gasteiger partial charge in [0.15, 0.2) is 0 Å². The van der Waals surface area contributed by atoms with E-state index >= 15 is 0 Å². The maximum absolute atomic E-state index is 4.07. The molecule has 0 radical (unpaired) electrons. The standard InChI is InChI=1S/C12H22/c1-4-6-11-7-5-8-12(9-11)10(2)3/h11-12H,2,4-9H2,1,3H3/t11-,12-/m0/s1. The summed E-state index contributed by atoms with van der Waals surface area (Å²) in [5.41, 5.74) is 1.41. The van der Waals surface area contributed by atoms with E-state index in [4.69, 9.17) is 0 Å². The van der Waals surface area contributed by atoms with Crippen molar-refractivity contribution in [2.24, 2.45) is 11.8 Å². The molecule has 0 amide bonds. The van der Waals surface area contributed by atoms with Crippen molar-refractivity contribution in [1.29, 1.82) is 0 Å². The van der Waals surface area contributed by atoms with Gasteiger partial charge in [-0.1, -0.05) is 44.8 Å². The molecule has 0 aromatic heterocycles. The van der Waals surface area contributed by atoms with Crippen LogP contribution in [-0.4, -0.2) is 0 Å². The summed E-state index contributed by atoms with van der Waals surface area (Å²) >= 11 is 0. The van der Waals surface area contributed by atoms with Crippen molar-refractivity contribution in [3.05, 3.63) is 12.2 Å². The van der Waals surface area contributed by atoms with Crippen LogP contribution < -0.4 is 0 Å². The molecule has 0 nitrogen and oxygen atoms in total. The molecule has 0 aromatic rings. The molecule has 12 heavy (non-hydrogen) atoms. The molecule has 1 saturated carbocycles. The van der Waals surface area contributed by atoms with Crippen molar-refractivity contribution in [2.45, 2.75) is 52.4 Å². The first-order chi connectivity index (χ1) is 5.74. The van der Waals surface area contributed by atoms with Crippen LogP contribution in [0.1, 0.15) is 52.4 Å². The molecule has 0 N–H and O–H groups in total. The van der Waals surface area contributed by atoms with Crippen molar-refractivity contribution < 1.29 is 0 Å². The second-order valence-corrected chi connectivity index (χ2v) is 4.36. The summed E-state index contributed by atoms with van der Waals surface area (Å²) in [7, 11) is 0. The lowest BCUT2D eigenvalue weighted by Gasteiger charge is -2.29. The average Bonchev–Trinajstić information content (AvgIpc) is 2.05. The Morgan fingerprint density at radius 3 is 2.75 bits per heavy atom. The highest BCUT2D eigenvalue weighted by atomic mass is 14.3. The monoisotopic (exact) mass is 166 g/mol. The fourth-order valence-corrected chi connectivity index (χ4v) is 2.41. The van der Waals surface area contributed by atoms with Gasteiger partial charge in [-0.3, -0.25) is 0 Å². The van der Waals surface area contributed by atoms with Gasteiger partial charge in [-0.15, -0.1) is 0 Å². The zero-order valence-electron chi connectivity index (χ0n) is 8.60. The van der Waals surface area contributed by atoms with Crippen LogP contribution in [-0.2, 0) is 0 Å². The minimum Gasteiger partial charge on any atom is -0.0999 e. The van der Waals surface area contributed by atoms with E-state index in [-0.39, 0.29) is 0 Å². The lowest BCUT2D eigenvalue weighted by molar-refractivity contribution is 0.280. The second-order valence-electron chi connectivity index (χ2n) is 4.36. The van der Waals surface area contributed by atoms with Crippen LogP contribution in [0.4, 0.5) is 0 Å². The molecule has 1 aliphatic carbocycles. The number of hydrogen-bond donors (Lipinski definition) is 0. The summed E-state index contributed by atoms with van der Waals surface area (Å²) in [6.07, 6.45) is 8.51. The third-order valence-electron chi connectivity index (χ3n) is 3.18. The average molecular weight is 166 g/mol. The molecule has 1 fully saturated rings. The highest BCUT2D eigenvalue weighted by Crippen LogP contribution is 2.34. The van der Waals surface area contributed by atoms with E-state index in [0.717, 1.165) is 11.8 Å². The highest BCUT2D eigenvalue weighted by molar-refractivity contribution is 4.98. The Kier molecular flexibility index (Phi) is 3.84. The van der Waals surface area contributed by atoms with Gasteiger partial charge in [0.2, 0.25) is 0 Å². The molecular formula is C12H22. The topological polar surface area (TPSA) is 0 Å². The third-order valence-corrected chi connectivity index (χ3v) is 3.18. The number of hydrogen-bond acceptors (Lipinski definition) is 0.